The second-order valence-corrected chi connectivity index (χ2v) is 4.58. The molecular formula is C15H21N3O3. The fraction of sp³-hybridized carbons (Fsp3) is 0.467. The first-order valence-electron chi connectivity index (χ1n) is 6.79. The number of nitrogens with two attached hydrogens (primary N) is 1. The number of nitrogens with zero attached hydrogens (tertiary/aromatic N) is 1. The van der Waals surface area contributed by atoms with Crippen LogP contribution in [0.3, 0.4) is 0 Å². The number of benzene rings is 1. The number of ether oxygens (including phenoxy) is 2. The molecule has 1 aromatic rings. The van der Waals surface area contributed by atoms with Crippen LogP contribution in [0.2, 0.25) is 0 Å². The van der Waals surface area contributed by atoms with Crippen LogP contribution >= 0.6 is 0 Å². The summed E-state index contributed by atoms with van der Waals surface area (Å²) in [5.41, 5.74) is 6.96. The molecule has 0 aliphatic rings. The van der Waals surface area contributed by atoms with Crippen LogP contribution in [-0.2, 0) is 11.2 Å². The number of rotatable bonds is 8. The van der Waals surface area contributed by atoms with Gasteiger partial charge in [-0.05, 0) is 30.5 Å². The number of amides is 1. The molecule has 21 heavy (non-hydrogen) atoms. The van der Waals surface area contributed by atoms with Crippen molar-refractivity contribution in [3.05, 3.63) is 23.8 Å². The van der Waals surface area contributed by atoms with Crippen LogP contribution in [0.5, 0.6) is 11.5 Å². The standard InChI is InChI=1S/C15H21N3O3/c1-3-12(17)8-11-4-5-13(20-2)14(9-11)21-10-15(19)18-7-6-16/h4-5,9,12H,3,7-8,10,17H2,1-2H3,(H,18,19). The van der Waals surface area contributed by atoms with E-state index in [1.165, 1.54) is 7.11 Å². The monoisotopic (exact) mass is 291 g/mol. The molecule has 6 nitrogen and oxygen atoms in total. The molecule has 0 saturated heterocycles. The Morgan fingerprint density at radius 1 is 1.48 bits per heavy atom. The Hall–Kier alpha value is -2.26. The Bertz CT molecular complexity index is 511. The van der Waals surface area contributed by atoms with E-state index in [9.17, 15) is 4.79 Å². The van der Waals surface area contributed by atoms with Gasteiger partial charge in [-0.1, -0.05) is 13.0 Å². The Morgan fingerprint density at radius 3 is 2.86 bits per heavy atom. The minimum Gasteiger partial charge on any atom is -0.493 e. The predicted molar refractivity (Wildman–Crippen MR) is 79.1 cm³/mol. The molecule has 1 amide bonds. The fourth-order valence-corrected chi connectivity index (χ4v) is 1.74. The third-order valence-corrected chi connectivity index (χ3v) is 2.97. The van der Waals surface area contributed by atoms with Crippen LogP contribution in [0.1, 0.15) is 18.9 Å². The molecule has 114 valence electrons. The zero-order chi connectivity index (χ0) is 15.7. The number of carbonyl (C=O) groups excluding carboxylic acids is 1. The zero-order valence-corrected chi connectivity index (χ0v) is 12.4. The second kappa shape index (κ2) is 8.82. The van der Waals surface area contributed by atoms with Crippen LogP contribution in [0.25, 0.3) is 0 Å². The van der Waals surface area contributed by atoms with E-state index in [4.69, 9.17) is 20.5 Å². The van der Waals surface area contributed by atoms with Crippen molar-refractivity contribution in [2.45, 2.75) is 25.8 Å². The summed E-state index contributed by atoms with van der Waals surface area (Å²) in [5, 5.41) is 10.8. The van der Waals surface area contributed by atoms with E-state index in [0.717, 1.165) is 18.4 Å². The van der Waals surface area contributed by atoms with Gasteiger partial charge in [-0.3, -0.25) is 4.79 Å². The minimum absolute atomic E-state index is 0.0370. The first-order valence-corrected chi connectivity index (χ1v) is 6.79. The van der Waals surface area contributed by atoms with Gasteiger partial charge in [0.1, 0.15) is 6.54 Å². The Kier molecular flexibility index (Phi) is 7.05. The molecule has 0 aliphatic carbocycles. The maximum Gasteiger partial charge on any atom is 0.258 e. The zero-order valence-electron chi connectivity index (χ0n) is 12.4. The largest absolute Gasteiger partial charge is 0.493 e. The Morgan fingerprint density at radius 2 is 2.24 bits per heavy atom. The smallest absolute Gasteiger partial charge is 0.258 e. The topological polar surface area (TPSA) is 97.4 Å². The minimum atomic E-state index is -0.353. The van der Waals surface area contributed by atoms with Crippen molar-refractivity contribution in [3.63, 3.8) is 0 Å². The molecule has 0 aromatic heterocycles. The molecule has 1 unspecified atom stereocenters. The van der Waals surface area contributed by atoms with Gasteiger partial charge in [-0.2, -0.15) is 5.26 Å². The van der Waals surface area contributed by atoms with Gasteiger partial charge in [0, 0.05) is 6.04 Å². The maximum absolute atomic E-state index is 11.4. The van der Waals surface area contributed by atoms with Gasteiger partial charge in [0.15, 0.2) is 18.1 Å². The molecule has 1 atom stereocenters. The lowest BCUT2D eigenvalue weighted by atomic mass is 10.0. The number of methoxy groups -OCH3 is 1. The van der Waals surface area contributed by atoms with E-state index in [1.54, 1.807) is 6.07 Å². The lowest BCUT2D eigenvalue weighted by Crippen LogP contribution is -2.29. The molecule has 0 aliphatic heterocycles. The Labute approximate surface area is 124 Å². The summed E-state index contributed by atoms with van der Waals surface area (Å²) in [5.74, 6) is 0.691. The summed E-state index contributed by atoms with van der Waals surface area (Å²) >= 11 is 0. The van der Waals surface area contributed by atoms with Crippen molar-refractivity contribution in [2.24, 2.45) is 5.73 Å². The van der Waals surface area contributed by atoms with Crippen molar-refractivity contribution in [1.29, 1.82) is 5.26 Å². The van der Waals surface area contributed by atoms with E-state index in [-0.39, 0.29) is 25.1 Å². The molecule has 1 rings (SSSR count). The molecule has 1 aromatic carbocycles. The second-order valence-electron chi connectivity index (χ2n) is 4.58. The van der Waals surface area contributed by atoms with Crippen LogP contribution < -0.4 is 20.5 Å². The summed E-state index contributed by atoms with van der Waals surface area (Å²) in [7, 11) is 1.54. The number of hydrogen-bond donors (Lipinski definition) is 2. The molecular weight excluding hydrogens is 270 g/mol. The molecule has 0 fully saturated rings. The van der Waals surface area contributed by atoms with Crippen molar-refractivity contribution in [3.8, 4) is 17.6 Å². The average Bonchev–Trinajstić information content (AvgIpc) is 2.50. The summed E-state index contributed by atoms with van der Waals surface area (Å²) in [6.45, 7) is 1.83. The van der Waals surface area contributed by atoms with Crippen molar-refractivity contribution < 1.29 is 14.3 Å². The first kappa shape index (κ1) is 16.8. The molecule has 0 spiro atoms. The predicted octanol–water partition coefficient (Wildman–Crippen LogP) is 0.994. The van der Waals surface area contributed by atoms with Gasteiger partial charge < -0.3 is 20.5 Å². The van der Waals surface area contributed by atoms with E-state index in [1.807, 2.05) is 25.1 Å². The van der Waals surface area contributed by atoms with Crippen LogP contribution in [0.15, 0.2) is 18.2 Å². The molecule has 6 heteroatoms. The van der Waals surface area contributed by atoms with Gasteiger partial charge in [0.05, 0.1) is 13.2 Å². The quantitative estimate of drug-likeness (QED) is 0.696. The van der Waals surface area contributed by atoms with Crippen molar-refractivity contribution in [2.75, 3.05) is 20.3 Å². The summed E-state index contributed by atoms with van der Waals surface area (Å²) in [6.07, 6.45) is 1.62. The third-order valence-electron chi connectivity index (χ3n) is 2.97. The number of carbonyl (C=O) groups is 1. The number of nitrogens with one attached hydrogen (secondary N) is 1. The summed E-state index contributed by atoms with van der Waals surface area (Å²) in [4.78, 5) is 11.4. The number of hydrogen-bond acceptors (Lipinski definition) is 5. The molecule has 0 radical (unpaired) electrons. The Balaban J connectivity index is 2.72. The highest BCUT2D eigenvalue weighted by atomic mass is 16.5. The highest BCUT2D eigenvalue weighted by Crippen LogP contribution is 2.28. The lowest BCUT2D eigenvalue weighted by molar-refractivity contribution is -0.122. The highest BCUT2D eigenvalue weighted by molar-refractivity contribution is 5.77. The maximum atomic E-state index is 11.4. The van der Waals surface area contributed by atoms with E-state index in [2.05, 4.69) is 5.32 Å². The van der Waals surface area contributed by atoms with Gasteiger partial charge in [-0.15, -0.1) is 0 Å². The van der Waals surface area contributed by atoms with E-state index in [0.29, 0.717) is 11.5 Å². The molecule has 3 N–H and O–H groups in total. The molecule has 0 heterocycles. The SMILES string of the molecule is CCC(N)Cc1ccc(OC)c(OCC(=O)NCC#N)c1. The average molecular weight is 291 g/mol. The summed E-state index contributed by atoms with van der Waals surface area (Å²) < 4.78 is 10.7. The fourth-order valence-electron chi connectivity index (χ4n) is 1.74. The van der Waals surface area contributed by atoms with Gasteiger partial charge in [0.25, 0.3) is 5.91 Å². The van der Waals surface area contributed by atoms with E-state index < -0.39 is 0 Å². The lowest BCUT2D eigenvalue weighted by Gasteiger charge is -2.14. The highest BCUT2D eigenvalue weighted by Gasteiger charge is 2.10. The van der Waals surface area contributed by atoms with Crippen LogP contribution in [0.4, 0.5) is 0 Å². The number of nitriles is 1. The summed E-state index contributed by atoms with van der Waals surface area (Å²) in [6, 6.07) is 7.46. The molecule has 0 saturated carbocycles. The van der Waals surface area contributed by atoms with Crippen molar-refractivity contribution >= 4 is 5.91 Å². The van der Waals surface area contributed by atoms with Crippen LogP contribution in [0, 0.1) is 11.3 Å². The van der Waals surface area contributed by atoms with Crippen molar-refractivity contribution in [1.82, 2.24) is 5.32 Å². The van der Waals surface area contributed by atoms with Gasteiger partial charge in [0.2, 0.25) is 0 Å². The van der Waals surface area contributed by atoms with Crippen LogP contribution in [-0.4, -0.2) is 32.2 Å². The van der Waals surface area contributed by atoms with Gasteiger partial charge >= 0.3 is 0 Å². The molecule has 0 bridgehead atoms. The van der Waals surface area contributed by atoms with Gasteiger partial charge in [-0.25, -0.2) is 0 Å². The van der Waals surface area contributed by atoms with E-state index >= 15 is 0 Å². The first-order chi connectivity index (χ1) is 10.1. The third kappa shape index (κ3) is 5.71. The normalized spacial score (nSPS) is 11.3.